The molecule has 158 valence electrons. The van der Waals surface area contributed by atoms with Crippen molar-refractivity contribution in [1.82, 2.24) is 10.6 Å². The van der Waals surface area contributed by atoms with E-state index in [1.807, 2.05) is 0 Å². The van der Waals surface area contributed by atoms with E-state index in [0.717, 1.165) is 0 Å². The molecule has 0 spiro atoms. The van der Waals surface area contributed by atoms with Gasteiger partial charge in [-0.15, -0.1) is 0 Å². The number of nitrogens with zero attached hydrogens (tertiary/aromatic N) is 2. The predicted molar refractivity (Wildman–Crippen MR) is 103 cm³/mol. The first kappa shape index (κ1) is 22.1. The van der Waals surface area contributed by atoms with E-state index >= 15 is 0 Å². The van der Waals surface area contributed by atoms with Gasteiger partial charge in [0.1, 0.15) is 11.5 Å². The minimum atomic E-state index is -0.540. The summed E-state index contributed by atoms with van der Waals surface area (Å²) in [7, 11) is 0. The van der Waals surface area contributed by atoms with Crippen molar-refractivity contribution < 1.29 is 28.9 Å². The lowest BCUT2D eigenvalue weighted by Gasteiger charge is -2.09. The Morgan fingerprint density at radius 3 is 1.33 bits per heavy atom. The molecule has 0 bridgehead atoms. The maximum absolute atomic E-state index is 11.7. The number of carbonyl (C=O) groups excluding carboxylic acids is 2. The third-order valence-electron chi connectivity index (χ3n) is 3.60. The van der Waals surface area contributed by atoms with E-state index in [1.165, 1.54) is 48.5 Å². The quantitative estimate of drug-likeness (QED) is 0.312. The highest BCUT2D eigenvalue weighted by atomic mass is 16.6. The topological polar surface area (TPSA) is 163 Å². The van der Waals surface area contributed by atoms with Crippen LogP contribution in [0.5, 0.6) is 11.5 Å². The maximum Gasteiger partial charge on any atom is 0.269 e. The van der Waals surface area contributed by atoms with E-state index in [1.54, 1.807) is 0 Å². The lowest BCUT2D eigenvalue weighted by molar-refractivity contribution is -0.385. The zero-order valence-electron chi connectivity index (χ0n) is 15.6. The molecule has 0 aliphatic rings. The molecule has 12 nitrogen and oxygen atoms in total. The van der Waals surface area contributed by atoms with Crippen LogP contribution in [0.2, 0.25) is 0 Å². The Morgan fingerprint density at radius 1 is 0.700 bits per heavy atom. The molecule has 30 heavy (non-hydrogen) atoms. The minimum Gasteiger partial charge on any atom is -0.484 e. The molecule has 0 radical (unpaired) electrons. The fourth-order valence-electron chi connectivity index (χ4n) is 2.13. The van der Waals surface area contributed by atoms with Crippen LogP contribution in [0.15, 0.2) is 48.5 Å². The van der Waals surface area contributed by atoms with E-state index in [9.17, 15) is 29.8 Å². The predicted octanol–water partition coefficient (Wildman–Crippen LogP) is 1.19. The fraction of sp³-hybridized carbons (Fsp3) is 0.222. The fourth-order valence-corrected chi connectivity index (χ4v) is 2.13. The van der Waals surface area contributed by atoms with Crippen LogP contribution < -0.4 is 20.1 Å². The Hall–Kier alpha value is -4.22. The Morgan fingerprint density at radius 2 is 1.03 bits per heavy atom. The number of non-ortho nitro benzene ring substituents is 2. The van der Waals surface area contributed by atoms with Crippen molar-refractivity contribution in [2.45, 2.75) is 0 Å². The normalized spacial score (nSPS) is 10.0. The monoisotopic (exact) mass is 418 g/mol. The van der Waals surface area contributed by atoms with Crippen molar-refractivity contribution in [3.63, 3.8) is 0 Å². The van der Waals surface area contributed by atoms with Crippen LogP contribution in [0, 0.1) is 20.2 Å². The highest BCUT2D eigenvalue weighted by Crippen LogP contribution is 2.17. The Kier molecular flexibility index (Phi) is 8.05. The third kappa shape index (κ3) is 7.42. The average molecular weight is 418 g/mol. The maximum atomic E-state index is 11.7. The molecule has 2 aromatic carbocycles. The van der Waals surface area contributed by atoms with Crippen molar-refractivity contribution in [1.29, 1.82) is 0 Å². The number of hydrogen-bond donors (Lipinski definition) is 2. The van der Waals surface area contributed by atoms with Gasteiger partial charge in [0.25, 0.3) is 23.2 Å². The molecule has 0 heterocycles. The van der Waals surface area contributed by atoms with Crippen molar-refractivity contribution in [2.24, 2.45) is 0 Å². The minimum absolute atomic E-state index is 0.0832. The van der Waals surface area contributed by atoms with E-state index in [0.29, 0.717) is 11.5 Å². The average Bonchev–Trinajstić information content (AvgIpc) is 2.74. The number of benzene rings is 2. The summed E-state index contributed by atoms with van der Waals surface area (Å²) < 4.78 is 10.4. The first-order chi connectivity index (χ1) is 14.3. The lowest BCUT2D eigenvalue weighted by atomic mass is 10.3. The van der Waals surface area contributed by atoms with Crippen molar-refractivity contribution in [2.75, 3.05) is 26.3 Å². The number of carbonyl (C=O) groups is 2. The molecule has 0 fully saturated rings. The van der Waals surface area contributed by atoms with Crippen LogP contribution in [0.25, 0.3) is 0 Å². The second kappa shape index (κ2) is 10.9. The number of amides is 2. The van der Waals surface area contributed by atoms with Crippen molar-refractivity contribution >= 4 is 23.2 Å². The first-order valence-electron chi connectivity index (χ1n) is 8.63. The molecule has 0 unspecified atom stereocenters. The summed E-state index contributed by atoms with van der Waals surface area (Å²) in [5.74, 6) is -0.227. The molecule has 0 aliphatic carbocycles. The van der Waals surface area contributed by atoms with Gasteiger partial charge in [-0.25, -0.2) is 0 Å². The van der Waals surface area contributed by atoms with Gasteiger partial charge in [-0.1, -0.05) is 0 Å². The van der Waals surface area contributed by atoms with Crippen LogP contribution in [0.4, 0.5) is 11.4 Å². The third-order valence-corrected chi connectivity index (χ3v) is 3.60. The van der Waals surface area contributed by atoms with Gasteiger partial charge in [-0.05, 0) is 24.3 Å². The lowest BCUT2D eigenvalue weighted by Crippen LogP contribution is -2.38. The van der Waals surface area contributed by atoms with Gasteiger partial charge in [-0.3, -0.25) is 29.8 Å². The van der Waals surface area contributed by atoms with Crippen LogP contribution in [-0.2, 0) is 9.59 Å². The molecule has 0 saturated carbocycles. The van der Waals surface area contributed by atoms with Gasteiger partial charge in [0.15, 0.2) is 13.2 Å². The molecular weight excluding hydrogens is 400 g/mol. The van der Waals surface area contributed by atoms with Gasteiger partial charge < -0.3 is 20.1 Å². The van der Waals surface area contributed by atoms with Crippen LogP contribution in [0.3, 0.4) is 0 Å². The van der Waals surface area contributed by atoms with E-state index in [4.69, 9.17) is 9.47 Å². The molecule has 0 aromatic heterocycles. The van der Waals surface area contributed by atoms with Crippen LogP contribution >= 0.6 is 0 Å². The summed E-state index contributed by atoms with van der Waals surface area (Å²) in [6.45, 7) is -0.249. The molecule has 12 heteroatoms. The molecule has 0 saturated heterocycles. The van der Waals surface area contributed by atoms with Crippen LogP contribution in [-0.4, -0.2) is 48.0 Å². The summed E-state index contributed by atoms with van der Waals surface area (Å²) in [5, 5.41) is 26.2. The van der Waals surface area contributed by atoms with E-state index in [2.05, 4.69) is 10.6 Å². The summed E-state index contributed by atoms with van der Waals surface area (Å²) in [5.41, 5.74) is -0.166. The molecule has 0 aliphatic heterocycles. The largest absolute Gasteiger partial charge is 0.484 e. The van der Waals surface area contributed by atoms with E-state index in [-0.39, 0.29) is 37.7 Å². The second-order valence-corrected chi connectivity index (χ2v) is 5.78. The summed E-state index contributed by atoms with van der Waals surface area (Å²) in [4.78, 5) is 43.4. The second-order valence-electron chi connectivity index (χ2n) is 5.78. The van der Waals surface area contributed by atoms with E-state index < -0.39 is 21.7 Å². The number of rotatable bonds is 11. The standard InChI is InChI=1S/C18H18N4O8/c23-17(11-29-15-5-1-13(2-6-15)21(25)26)19-9-10-20-18(24)12-30-16-7-3-14(4-8-16)22(27)28/h1-8H,9-12H2,(H,19,23)(H,20,24). The Bertz CT molecular complexity index is 824. The van der Waals surface area contributed by atoms with Crippen molar-refractivity contribution in [3.05, 3.63) is 68.8 Å². The highest BCUT2D eigenvalue weighted by molar-refractivity contribution is 5.78. The molecule has 0 atom stereocenters. The SMILES string of the molecule is O=C(COc1ccc([N+](=O)[O-])cc1)NCCNC(=O)COc1ccc([N+](=O)[O-])cc1. The van der Waals surface area contributed by atoms with Gasteiger partial charge in [0.05, 0.1) is 9.85 Å². The first-order valence-corrected chi connectivity index (χ1v) is 8.63. The van der Waals surface area contributed by atoms with Gasteiger partial charge in [-0.2, -0.15) is 0 Å². The van der Waals surface area contributed by atoms with Crippen LogP contribution in [0.1, 0.15) is 0 Å². The summed E-state index contributed by atoms with van der Waals surface area (Å²) in [6.07, 6.45) is 0. The molecule has 2 amide bonds. The van der Waals surface area contributed by atoms with Gasteiger partial charge in [0, 0.05) is 37.4 Å². The van der Waals surface area contributed by atoms with Gasteiger partial charge in [0.2, 0.25) is 0 Å². The Balaban J connectivity index is 1.58. The highest BCUT2D eigenvalue weighted by Gasteiger charge is 2.08. The number of hydrogen-bond acceptors (Lipinski definition) is 8. The molecular formula is C18H18N4O8. The molecule has 2 N–H and O–H groups in total. The number of nitrogens with one attached hydrogen (secondary N) is 2. The molecule has 2 aromatic rings. The number of nitro benzene ring substituents is 2. The smallest absolute Gasteiger partial charge is 0.269 e. The van der Waals surface area contributed by atoms with Gasteiger partial charge >= 0.3 is 0 Å². The number of ether oxygens (including phenoxy) is 2. The summed E-state index contributed by atoms with van der Waals surface area (Å²) >= 11 is 0. The molecule has 2 rings (SSSR count). The summed E-state index contributed by atoms with van der Waals surface area (Å²) in [6, 6.07) is 10.6. The zero-order valence-corrected chi connectivity index (χ0v) is 15.6. The Labute approximate surface area is 170 Å². The number of nitro groups is 2. The van der Waals surface area contributed by atoms with Crippen molar-refractivity contribution in [3.8, 4) is 11.5 Å². The zero-order chi connectivity index (χ0) is 21.9.